The van der Waals surface area contributed by atoms with E-state index in [1.54, 1.807) is 0 Å². The van der Waals surface area contributed by atoms with Crippen LogP contribution in [0.3, 0.4) is 0 Å². The first-order valence-electron chi connectivity index (χ1n) is 8.66. The minimum atomic E-state index is -0.520. The predicted molar refractivity (Wildman–Crippen MR) is 87.0 cm³/mol. The second-order valence-electron chi connectivity index (χ2n) is 7.79. The fourth-order valence-electron chi connectivity index (χ4n) is 3.31. The lowest BCUT2D eigenvalue weighted by Crippen LogP contribution is -2.65. The number of carbonyl (C=O) groups is 1. The number of rotatable bonds is 10. The van der Waals surface area contributed by atoms with Gasteiger partial charge in [-0.2, -0.15) is 0 Å². The molecule has 21 heavy (non-hydrogen) atoms. The zero-order valence-electron chi connectivity index (χ0n) is 14.2. The van der Waals surface area contributed by atoms with Crippen LogP contribution >= 0.6 is 0 Å². The predicted octanol–water partition coefficient (Wildman–Crippen LogP) is 2.13. The molecule has 0 saturated heterocycles. The lowest BCUT2D eigenvalue weighted by molar-refractivity contribution is -0.126. The smallest absolute Gasteiger partial charge is 0.239 e. The molecule has 2 saturated carbocycles. The zero-order chi connectivity index (χ0) is 15.6. The van der Waals surface area contributed by atoms with E-state index < -0.39 is 5.54 Å². The molecule has 2 rings (SSSR count). The summed E-state index contributed by atoms with van der Waals surface area (Å²) in [5, 5.41) is 3.54. The first-order chi connectivity index (χ1) is 9.85. The maximum atomic E-state index is 12.3. The Labute approximate surface area is 129 Å². The summed E-state index contributed by atoms with van der Waals surface area (Å²) in [6.45, 7) is 10.6. The van der Waals surface area contributed by atoms with E-state index in [1.807, 2.05) is 0 Å². The van der Waals surface area contributed by atoms with Gasteiger partial charge in [0, 0.05) is 18.6 Å². The van der Waals surface area contributed by atoms with Crippen LogP contribution in [0.2, 0.25) is 0 Å². The first-order valence-corrected chi connectivity index (χ1v) is 8.66. The molecule has 2 fully saturated rings. The van der Waals surface area contributed by atoms with Crippen LogP contribution in [0.15, 0.2) is 0 Å². The van der Waals surface area contributed by atoms with Gasteiger partial charge >= 0.3 is 0 Å². The lowest BCUT2D eigenvalue weighted by atomic mass is 9.90. The largest absolute Gasteiger partial charge is 0.368 e. The van der Waals surface area contributed by atoms with Gasteiger partial charge in [-0.25, -0.2) is 0 Å². The van der Waals surface area contributed by atoms with Gasteiger partial charge in [0.15, 0.2) is 0 Å². The summed E-state index contributed by atoms with van der Waals surface area (Å²) in [5.74, 6) is 0.972. The van der Waals surface area contributed by atoms with Crippen LogP contribution in [0, 0.1) is 11.8 Å². The van der Waals surface area contributed by atoms with Crippen LogP contribution in [0.5, 0.6) is 0 Å². The summed E-state index contributed by atoms with van der Waals surface area (Å²) in [6.07, 6.45) is 6.01. The fraction of sp³-hybridized carbons (Fsp3) is 0.941. The summed E-state index contributed by atoms with van der Waals surface area (Å²) < 4.78 is 0. The number of nitrogens with zero attached hydrogens (tertiary/aromatic N) is 1. The molecule has 0 aromatic heterocycles. The molecule has 1 atom stereocenters. The highest BCUT2D eigenvalue weighted by atomic mass is 16.1. The summed E-state index contributed by atoms with van der Waals surface area (Å²) >= 11 is 0. The Kier molecular flexibility index (Phi) is 5.31. The molecule has 0 spiro atoms. The third-order valence-electron chi connectivity index (χ3n) is 4.77. The third-order valence-corrected chi connectivity index (χ3v) is 4.77. The summed E-state index contributed by atoms with van der Waals surface area (Å²) in [4.78, 5) is 14.8. The van der Waals surface area contributed by atoms with E-state index in [9.17, 15) is 4.79 Å². The van der Waals surface area contributed by atoms with Gasteiger partial charge in [0.05, 0.1) is 0 Å². The average molecular weight is 295 g/mol. The van der Waals surface area contributed by atoms with Crippen LogP contribution < -0.4 is 11.1 Å². The van der Waals surface area contributed by atoms with Gasteiger partial charge in [0.1, 0.15) is 5.54 Å². The second kappa shape index (κ2) is 6.66. The number of carbonyl (C=O) groups excluding carboxylic acids is 1. The second-order valence-corrected chi connectivity index (χ2v) is 7.79. The third kappa shape index (κ3) is 4.43. The molecule has 122 valence electrons. The summed E-state index contributed by atoms with van der Waals surface area (Å²) in [6, 6.07) is 0.958. The molecule has 0 radical (unpaired) electrons. The molecular weight excluding hydrogens is 262 g/mol. The standard InChI is InChI=1S/C17H33N3O/c1-12(2)9-10-20(15-7-8-15)11-17(16(18)21,14-5-6-14)19-13(3)4/h12-15,19H,5-11H2,1-4H3,(H2,18,21). The number of hydrogen-bond acceptors (Lipinski definition) is 3. The Morgan fingerprint density at radius 1 is 1.24 bits per heavy atom. The van der Waals surface area contributed by atoms with Gasteiger partial charge in [0.2, 0.25) is 5.91 Å². The fourth-order valence-corrected chi connectivity index (χ4v) is 3.31. The molecule has 0 bridgehead atoms. The van der Waals surface area contributed by atoms with E-state index in [1.165, 1.54) is 19.3 Å². The molecule has 1 unspecified atom stereocenters. The molecule has 0 heterocycles. The number of nitrogens with one attached hydrogen (secondary N) is 1. The molecule has 0 aromatic rings. The number of hydrogen-bond donors (Lipinski definition) is 2. The Hall–Kier alpha value is -0.610. The molecule has 3 N–H and O–H groups in total. The monoisotopic (exact) mass is 295 g/mol. The molecule has 4 nitrogen and oxygen atoms in total. The Balaban J connectivity index is 2.09. The van der Waals surface area contributed by atoms with Crippen molar-refractivity contribution < 1.29 is 4.79 Å². The normalized spacial score (nSPS) is 22.0. The lowest BCUT2D eigenvalue weighted by Gasteiger charge is -2.39. The molecule has 0 aromatic carbocycles. The van der Waals surface area contributed by atoms with Gasteiger partial charge in [-0.1, -0.05) is 13.8 Å². The number of amides is 1. The minimum Gasteiger partial charge on any atom is -0.368 e. The minimum absolute atomic E-state index is 0.158. The van der Waals surface area contributed by atoms with Crippen LogP contribution in [0.25, 0.3) is 0 Å². The topological polar surface area (TPSA) is 58.4 Å². The zero-order valence-corrected chi connectivity index (χ0v) is 14.2. The number of primary amides is 1. The van der Waals surface area contributed by atoms with E-state index >= 15 is 0 Å². The van der Waals surface area contributed by atoms with Crippen molar-refractivity contribution in [2.45, 2.75) is 77.4 Å². The van der Waals surface area contributed by atoms with Crippen LogP contribution in [0.1, 0.15) is 59.8 Å². The van der Waals surface area contributed by atoms with E-state index in [2.05, 4.69) is 37.9 Å². The van der Waals surface area contributed by atoms with Crippen molar-refractivity contribution in [1.82, 2.24) is 10.2 Å². The van der Waals surface area contributed by atoms with Crippen molar-refractivity contribution in [1.29, 1.82) is 0 Å². The van der Waals surface area contributed by atoms with Crippen molar-refractivity contribution in [3.8, 4) is 0 Å². The Morgan fingerprint density at radius 2 is 1.86 bits per heavy atom. The first kappa shape index (κ1) is 16.8. The van der Waals surface area contributed by atoms with Gasteiger partial charge in [-0.3, -0.25) is 15.0 Å². The summed E-state index contributed by atoms with van der Waals surface area (Å²) in [7, 11) is 0. The van der Waals surface area contributed by atoms with Crippen LogP contribution in [-0.4, -0.2) is 41.5 Å². The quantitative estimate of drug-likeness (QED) is 0.649. The highest BCUT2D eigenvalue weighted by Crippen LogP contribution is 2.42. The van der Waals surface area contributed by atoms with Gasteiger partial charge < -0.3 is 5.73 Å². The van der Waals surface area contributed by atoms with E-state index in [0.29, 0.717) is 17.9 Å². The van der Waals surface area contributed by atoms with E-state index in [0.717, 1.165) is 25.9 Å². The van der Waals surface area contributed by atoms with Gasteiger partial charge in [-0.15, -0.1) is 0 Å². The molecule has 1 amide bonds. The maximum Gasteiger partial charge on any atom is 0.239 e. The molecule has 2 aliphatic rings. The van der Waals surface area contributed by atoms with E-state index in [-0.39, 0.29) is 11.9 Å². The Bertz CT molecular complexity index is 361. The average Bonchev–Trinajstić information content (AvgIpc) is 3.25. The van der Waals surface area contributed by atoms with Gasteiger partial charge in [0.25, 0.3) is 0 Å². The highest BCUT2D eigenvalue weighted by Gasteiger charge is 2.52. The van der Waals surface area contributed by atoms with E-state index in [4.69, 9.17) is 5.73 Å². The van der Waals surface area contributed by atoms with Crippen molar-refractivity contribution in [2.75, 3.05) is 13.1 Å². The van der Waals surface area contributed by atoms with Crippen LogP contribution in [-0.2, 0) is 4.79 Å². The van der Waals surface area contributed by atoms with Crippen molar-refractivity contribution >= 4 is 5.91 Å². The molecular formula is C17H33N3O. The van der Waals surface area contributed by atoms with Crippen molar-refractivity contribution in [3.05, 3.63) is 0 Å². The van der Waals surface area contributed by atoms with Gasteiger partial charge in [-0.05, 0) is 64.3 Å². The van der Waals surface area contributed by atoms with Crippen molar-refractivity contribution in [3.63, 3.8) is 0 Å². The SMILES string of the molecule is CC(C)CCN(CC(NC(C)C)(C(N)=O)C1CC1)C1CC1. The Morgan fingerprint density at radius 3 is 2.24 bits per heavy atom. The highest BCUT2D eigenvalue weighted by molar-refractivity contribution is 5.86. The maximum absolute atomic E-state index is 12.3. The molecule has 0 aliphatic heterocycles. The number of nitrogens with two attached hydrogens (primary N) is 1. The van der Waals surface area contributed by atoms with Crippen LogP contribution in [0.4, 0.5) is 0 Å². The molecule has 4 heteroatoms. The summed E-state index contributed by atoms with van der Waals surface area (Å²) in [5.41, 5.74) is 5.34. The van der Waals surface area contributed by atoms with Crippen molar-refractivity contribution in [2.24, 2.45) is 17.6 Å². The molecule has 2 aliphatic carbocycles.